The van der Waals surface area contributed by atoms with Gasteiger partial charge in [0.05, 0.1) is 0 Å². The van der Waals surface area contributed by atoms with Gasteiger partial charge >= 0.3 is 81.6 Å². The van der Waals surface area contributed by atoms with Gasteiger partial charge in [0.15, 0.2) is 0 Å². The van der Waals surface area contributed by atoms with E-state index in [2.05, 4.69) is 25.3 Å². The Kier molecular flexibility index (Phi) is 3.30. The molecule has 0 amide bonds. The summed E-state index contributed by atoms with van der Waals surface area (Å²) in [4.78, 5) is 0. The molecule has 0 N–H and O–H groups in total. The van der Waals surface area contributed by atoms with Gasteiger partial charge in [0.1, 0.15) is 0 Å². The Balaban J connectivity index is 3.10. The van der Waals surface area contributed by atoms with Crippen molar-refractivity contribution in [3.8, 4) is 0 Å². The predicted molar refractivity (Wildman–Crippen MR) is 47.2 cm³/mol. The van der Waals surface area contributed by atoms with Crippen LogP contribution in [0.1, 0.15) is 0 Å². The molecule has 0 spiro atoms. The zero-order valence-electron chi connectivity index (χ0n) is 4.44. The van der Waals surface area contributed by atoms with Gasteiger partial charge < -0.3 is 0 Å². The van der Waals surface area contributed by atoms with Crippen LogP contribution in [0.5, 0.6) is 0 Å². The van der Waals surface area contributed by atoms with E-state index in [1.54, 1.807) is 0 Å². The molecule has 7 heteroatoms. The molecule has 1 atom stereocenters. The average molecular weight is 277 g/mol. The van der Waals surface area contributed by atoms with Crippen LogP contribution in [-0.4, -0.2) is 14.2 Å². The van der Waals surface area contributed by atoms with Crippen LogP contribution in [0.15, 0.2) is 8.42 Å². The van der Waals surface area contributed by atoms with Crippen molar-refractivity contribution in [1.29, 1.82) is 0 Å². The van der Waals surface area contributed by atoms with Gasteiger partial charge in [-0.05, 0) is 0 Å². The Labute approximate surface area is 81.2 Å². The van der Waals surface area contributed by atoms with E-state index in [4.69, 9.17) is 0 Å². The maximum absolute atomic E-state index is 10.4. The zero-order valence-corrected chi connectivity index (χ0v) is 9.57. The van der Waals surface area contributed by atoms with Crippen LogP contribution in [0.3, 0.4) is 0 Å². The summed E-state index contributed by atoms with van der Waals surface area (Å²) in [5.74, 6) is 0. The number of thiol groups is 2. The fraction of sp³-hybridized carbons (Fsp3) is 0. The Bertz CT molecular complexity index is 250. The third kappa shape index (κ3) is 2.01. The Morgan fingerprint density at radius 2 is 2.20 bits per heavy atom. The van der Waals surface area contributed by atoms with Crippen LogP contribution >= 0.6 is 47.9 Å². The summed E-state index contributed by atoms with van der Waals surface area (Å²) in [5.41, 5.74) is 0. The van der Waals surface area contributed by atoms with Crippen LogP contribution in [0.4, 0.5) is 0 Å². The summed E-state index contributed by atoms with van der Waals surface area (Å²) in [5, 5.41) is 0. The summed E-state index contributed by atoms with van der Waals surface area (Å²) in [6, 6.07) is 0. The van der Waals surface area contributed by atoms with E-state index in [-0.39, 0.29) is 0 Å². The van der Waals surface area contributed by atoms with Crippen molar-refractivity contribution in [1.82, 2.24) is 0 Å². The number of rotatable bonds is 1. The Morgan fingerprint density at radius 1 is 1.60 bits per heavy atom. The SMILES string of the molecule is O=[Se]([O-])c1sc(S)c(S)[s+]1. The molecule has 0 aliphatic carbocycles. The quantitative estimate of drug-likeness (QED) is 0.436. The van der Waals surface area contributed by atoms with Gasteiger partial charge in [-0.3, -0.25) is 0 Å². The molecule has 0 aliphatic rings. The van der Waals surface area contributed by atoms with Gasteiger partial charge in [-0.25, -0.2) is 0 Å². The molecule has 0 aromatic carbocycles. The molecule has 10 heavy (non-hydrogen) atoms. The van der Waals surface area contributed by atoms with Crippen molar-refractivity contribution in [3.63, 3.8) is 0 Å². The van der Waals surface area contributed by atoms with E-state index >= 15 is 0 Å². The third-order valence-electron chi connectivity index (χ3n) is 0.679. The van der Waals surface area contributed by atoms with Crippen LogP contribution in [-0.2, 0) is 3.83 Å². The van der Waals surface area contributed by atoms with Crippen molar-refractivity contribution < 1.29 is 8.02 Å². The molecular weight excluding hydrogens is 275 g/mol. The fourth-order valence-corrected chi connectivity index (χ4v) is 5.81. The normalized spacial score (nSPS) is 13.5. The maximum atomic E-state index is 10.4. The third-order valence-corrected chi connectivity index (χ3v) is 6.94. The molecule has 1 heterocycles. The molecule has 1 aromatic heterocycles. The molecular formula is C3H2O2S4Se. The first-order chi connectivity index (χ1) is 4.61. The minimum absolute atomic E-state index is 0.412. The number of hydrogen-bond acceptors (Lipinski definition) is 5. The summed E-state index contributed by atoms with van der Waals surface area (Å²) in [7, 11) is 0. The minimum atomic E-state index is -2.98. The van der Waals surface area contributed by atoms with Gasteiger partial charge in [0.25, 0.3) is 0 Å². The molecule has 1 aromatic rings. The van der Waals surface area contributed by atoms with Crippen LogP contribution in [0, 0.1) is 0 Å². The van der Waals surface area contributed by atoms with Crippen LogP contribution in [0.25, 0.3) is 0 Å². The van der Waals surface area contributed by atoms with E-state index in [9.17, 15) is 8.02 Å². The summed E-state index contributed by atoms with van der Waals surface area (Å²) in [6.07, 6.45) is 0. The molecule has 0 radical (unpaired) electrons. The predicted octanol–water partition coefficient (Wildman–Crippen LogP) is 0.154. The first kappa shape index (κ1) is 9.12. The fourth-order valence-electron chi connectivity index (χ4n) is 0.334. The van der Waals surface area contributed by atoms with Crippen molar-refractivity contribution >= 4 is 65.2 Å². The van der Waals surface area contributed by atoms with E-state index in [0.29, 0.717) is 11.5 Å². The van der Waals surface area contributed by atoms with Gasteiger partial charge in [-0.15, -0.1) is 0 Å². The van der Waals surface area contributed by atoms with E-state index in [1.165, 1.54) is 0 Å². The second kappa shape index (κ2) is 3.62. The molecule has 1 rings (SSSR count). The topological polar surface area (TPSA) is 40.1 Å². The molecule has 56 valence electrons. The molecule has 0 bridgehead atoms. The Morgan fingerprint density at radius 3 is 2.40 bits per heavy atom. The van der Waals surface area contributed by atoms with E-state index in [1.807, 2.05) is 0 Å². The van der Waals surface area contributed by atoms with E-state index < -0.39 is 14.2 Å². The monoisotopic (exact) mass is 278 g/mol. The zero-order chi connectivity index (χ0) is 7.72. The second-order valence-electron chi connectivity index (χ2n) is 1.30. The van der Waals surface area contributed by atoms with Crippen molar-refractivity contribution in [2.75, 3.05) is 0 Å². The summed E-state index contributed by atoms with van der Waals surface area (Å²) < 4.78 is 22.6. The molecule has 0 saturated carbocycles. The first-order valence-electron chi connectivity index (χ1n) is 2.05. The van der Waals surface area contributed by atoms with Crippen molar-refractivity contribution in [2.24, 2.45) is 0 Å². The molecule has 0 aliphatic heterocycles. The van der Waals surface area contributed by atoms with Crippen molar-refractivity contribution in [3.05, 3.63) is 0 Å². The number of hydrogen-bond donors (Lipinski definition) is 2. The van der Waals surface area contributed by atoms with E-state index in [0.717, 1.165) is 22.7 Å². The van der Waals surface area contributed by atoms with Gasteiger partial charge in [0.2, 0.25) is 0 Å². The van der Waals surface area contributed by atoms with Crippen molar-refractivity contribution in [2.45, 2.75) is 8.42 Å². The molecule has 0 saturated heterocycles. The Hall–Kier alpha value is 1.03. The van der Waals surface area contributed by atoms with Gasteiger partial charge in [-0.2, -0.15) is 0 Å². The van der Waals surface area contributed by atoms with Crippen LogP contribution in [0.2, 0.25) is 0 Å². The molecule has 2 nitrogen and oxygen atoms in total. The van der Waals surface area contributed by atoms with Crippen LogP contribution < -0.4 is 7.28 Å². The van der Waals surface area contributed by atoms with Gasteiger partial charge in [0, 0.05) is 0 Å². The summed E-state index contributed by atoms with van der Waals surface area (Å²) >= 11 is 7.36. The van der Waals surface area contributed by atoms with Gasteiger partial charge in [-0.1, -0.05) is 0 Å². The second-order valence-corrected chi connectivity index (χ2v) is 8.11. The molecule has 0 fully saturated rings. The average Bonchev–Trinajstić information content (AvgIpc) is 2.13. The summed E-state index contributed by atoms with van der Waals surface area (Å²) in [6.45, 7) is 0. The first-order valence-corrected chi connectivity index (χ1v) is 6.83. The molecule has 1 unspecified atom stereocenters. The standard InChI is InChI=1S/C3H2O2S4Se/c4-10(5)3-8-1(6)2(7)9-3/h(H2-,4,5,6,7).